The van der Waals surface area contributed by atoms with E-state index < -0.39 is 38.3 Å². The number of alkyl halides is 3. The topological polar surface area (TPSA) is 96.0 Å². The van der Waals surface area contributed by atoms with Crippen LogP contribution in [-0.2, 0) is 37.4 Å². The van der Waals surface area contributed by atoms with Crippen LogP contribution in [0.1, 0.15) is 17.5 Å². The zero-order valence-electron chi connectivity index (χ0n) is 18.9. The van der Waals surface area contributed by atoms with Gasteiger partial charge in [-0.15, -0.1) is 11.3 Å². The number of sulfonamides is 1. The number of rotatable bonds is 5. The van der Waals surface area contributed by atoms with Crippen LogP contribution in [0.15, 0.2) is 46.7 Å². The van der Waals surface area contributed by atoms with Crippen molar-refractivity contribution < 1.29 is 36.0 Å². The molecule has 5 rings (SSSR count). The van der Waals surface area contributed by atoms with Crippen LogP contribution in [-0.4, -0.2) is 50.1 Å². The number of hydroxylamine groups is 1. The second-order valence-corrected chi connectivity index (χ2v) is 12.1. The van der Waals surface area contributed by atoms with Crippen molar-refractivity contribution in [2.75, 3.05) is 18.0 Å². The Morgan fingerprint density at radius 1 is 1.16 bits per heavy atom. The summed E-state index contributed by atoms with van der Waals surface area (Å²) >= 11 is 6.72. The van der Waals surface area contributed by atoms with Gasteiger partial charge >= 0.3 is 12.1 Å². The van der Waals surface area contributed by atoms with Crippen molar-refractivity contribution in [2.24, 2.45) is 0 Å². The number of thiophene rings is 1. The van der Waals surface area contributed by atoms with E-state index in [-0.39, 0.29) is 17.4 Å². The molecular weight excluding hydrogens is 555 g/mol. The molecule has 37 heavy (non-hydrogen) atoms. The fourth-order valence-electron chi connectivity index (χ4n) is 4.37. The molecule has 2 aliphatic rings. The van der Waals surface area contributed by atoms with Crippen LogP contribution in [0.5, 0.6) is 0 Å². The number of hydrogen-bond donors (Lipinski definition) is 1. The number of carbonyl (C=O) groups is 2. The van der Waals surface area contributed by atoms with Crippen molar-refractivity contribution in [3.05, 3.63) is 58.6 Å². The molecule has 0 bridgehead atoms. The highest BCUT2D eigenvalue weighted by Gasteiger charge is 2.50. The first-order valence-electron chi connectivity index (χ1n) is 11.1. The molecule has 196 valence electrons. The largest absolute Gasteiger partial charge is 0.492 e. The summed E-state index contributed by atoms with van der Waals surface area (Å²) in [5, 5.41) is 4.00. The number of nitrogens with zero attached hydrogens (tertiary/aromatic N) is 2. The van der Waals surface area contributed by atoms with Crippen molar-refractivity contribution in [3.63, 3.8) is 0 Å². The van der Waals surface area contributed by atoms with Gasteiger partial charge in [-0.3, -0.25) is 4.79 Å². The molecule has 14 heteroatoms. The molecule has 1 fully saturated rings. The Labute approximate surface area is 218 Å². The molecule has 2 aromatic carbocycles. The Bertz CT molecular complexity index is 1510. The summed E-state index contributed by atoms with van der Waals surface area (Å²) in [7, 11) is -4.86. The third kappa shape index (κ3) is 4.93. The van der Waals surface area contributed by atoms with E-state index in [4.69, 9.17) is 11.6 Å². The molecule has 0 saturated carbocycles. The minimum Gasteiger partial charge on any atom is -0.344 e. The summed E-state index contributed by atoms with van der Waals surface area (Å²) in [6.07, 6.45) is -4.93. The quantitative estimate of drug-likeness (QED) is 0.463. The first-order valence-corrected chi connectivity index (χ1v) is 13.7. The predicted octanol–water partition coefficient (Wildman–Crippen LogP) is 4.02. The normalized spacial score (nSPS) is 18.5. The minimum absolute atomic E-state index is 0.0259. The highest BCUT2D eigenvalue weighted by molar-refractivity contribution is 7.91. The molecule has 1 N–H and O–H groups in total. The standard InChI is InChI=1S/C23H19ClF3N3O5S2/c24-16-2-4-19-15(9-16)11-20(36-19)37(33,34)30(35-22(32)23(25,26)27)18-6-8-29(21(18)31)17-3-1-14-12-28-7-5-13(14)10-17/h1-4,9-11,18,28H,5-8,12H2/t18-/m0/s1. The first kappa shape index (κ1) is 25.9. The molecule has 3 aromatic rings. The summed E-state index contributed by atoms with van der Waals surface area (Å²) in [5.74, 6) is -3.54. The van der Waals surface area contributed by atoms with Crippen molar-refractivity contribution in [1.29, 1.82) is 0 Å². The van der Waals surface area contributed by atoms with E-state index in [1.807, 2.05) is 12.1 Å². The van der Waals surface area contributed by atoms with Crippen molar-refractivity contribution in [3.8, 4) is 0 Å². The van der Waals surface area contributed by atoms with Gasteiger partial charge < -0.3 is 15.1 Å². The average Bonchev–Trinajstić information content (AvgIpc) is 3.45. The summed E-state index contributed by atoms with van der Waals surface area (Å²) < 4.78 is 66.3. The number of nitrogens with one attached hydrogen (secondary N) is 1. The number of halogens is 4. The number of hydrogen-bond acceptors (Lipinski definition) is 7. The highest BCUT2D eigenvalue weighted by atomic mass is 35.5. The predicted molar refractivity (Wildman–Crippen MR) is 131 cm³/mol. The van der Waals surface area contributed by atoms with E-state index in [9.17, 15) is 31.2 Å². The summed E-state index contributed by atoms with van der Waals surface area (Å²) in [4.78, 5) is 30.8. The third-order valence-corrected chi connectivity index (χ3v) is 9.63. The molecule has 0 radical (unpaired) electrons. The lowest BCUT2D eigenvalue weighted by atomic mass is 10.0. The van der Waals surface area contributed by atoms with Gasteiger partial charge in [0.05, 0.1) is 0 Å². The lowest BCUT2D eigenvalue weighted by molar-refractivity contribution is -0.226. The van der Waals surface area contributed by atoms with Crippen molar-refractivity contribution >= 4 is 60.6 Å². The van der Waals surface area contributed by atoms with Crippen molar-refractivity contribution in [2.45, 2.75) is 35.8 Å². The number of amides is 1. The van der Waals surface area contributed by atoms with Crippen molar-refractivity contribution in [1.82, 2.24) is 9.79 Å². The molecule has 1 atom stereocenters. The second kappa shape index (κ2) is 9.55. The van der Waals surface area contributed by atoms with Crippen LogP contribution in [0.3, 0.4) is 0 Å². The molecule has 2 aliphatic heterocycles. The summed E-state index contributed by atoms with van der Waals surface area (Å²) in [5.41, 5.74) is 2.57. The molecule has 8 nitrogen and oxygen atoms in total. The molecule has 0 unspecified atom stereocenters. The minimum atomic E-state index is -5.48. The second-order valence-electron chi connectivity index (χ2n) is 8.56. The average molecular weight is 574 g/mol. The molecular formula is C23H19ClF3N3O5S2. The van der Waals surface area contributed by atoms with E-state index in [2.05, 4.69) is 10.2 Å². The number of carbonyl (C=O) groups excluding carboxylic acids is 2. The van der Waals surface area contributed by atoms with Crippen LogP contribution in [0.2, 0.25) is 5.02 Å². The van der Waals surface area contributed by atoms with Gasteiger partial charge in [-0.2, -0.15) is 13.2 Å². The number of anilines is 1. The highest BCUT2D eigenvalue weighted by Crippen LogP contribution is 2.36. The smallest absolute Gasteiger partial charge is 0.344 e. The van der Waals surface area contributed by atoms with E-state index in [0.717, 1.165) is 35.4 Å². The zero-order valence-corrected chi connectivity index (χ0v) is 21.3. The lowest BCUT2D eigenvalue weighted by Crippen LogP contribution is -2.48. The molecule has 1 amide bonds. The van der Waals surface area contributed by atoms with Gasteiger partial charge in [-0.1, -0.05) is 17.7 Å². The van der Waals surface area contributed by atoms with Gasteiger partial charge in [-0.05, 0) is 76.8 Å². The van der Waals surface area contributed by atoms with Gasteiger partial charge in [0, 0.05) is 28.5 Å². The SMILES string of the molecule is O=C1[C@@H](N(OC(=O)C(F)(F)F)S(=O)(=O)c2cc3cc(Cl)ccc3s2)CCN1c1ccc2c(c1)CCNC2. The molecule has 1 aromatic heterocycles. The van der Waals surface area contributed by atoms with Gasteiger partial charge in [-0.25, -0.2) is 13.2 Å². The Balaban J connectivity index is 1.50. The Hall–Kier alpha value is -2.71. The van der Waals surface area contributed by atoms with E-state index >= 15 is 0 Å². The summed E-state index contributed by atoms with van der Waals surface area (Å²) in [6, 6.07) is 9.47. The monoisotopic (exact) mass is 573 g/mol. The van der Waals surface area contributed by atoms with Gasteiger partial charge in [0.1, 0.15) is 10.3 Å². The Morgan fingerprint density at radius 3 is 2.70 bits per heavy atom. The molecule has 0 spiro atoms. The van der Waals surface area contributed by atoms with Crippen LogP contribution >= 0.6 is 22.9 Å². The number of fused-ring (bicyclic) bond motifs is 2. The summed E-state index contributed by atoms with van der Waals surface area (Å²) in [6.45, 7) is 1.46. The molecule has 1 saturated heterocycles. The molecule has 3 heterocycles. The van der Waals surface area contributed by atoms with E-state index in [1.54, 1.807) is 12.1 Å². The first-order chi connectivity index (χ1) is 17.4. The maximum Gasteiger partial charge on any atom is 0.492 e. The third-order valence-electron chi connectivity index (χ3n) is 6.17. The van der Waals surface area contributed by atoms with Gasteiger partial charge in [0.15, 0.2) is 0 Å². The maximum absolute atomic E-state index is 13.5. The Kier molecular flexibility index (Phi) is 6.69. The van der Waals surface area contributed by atoms with Gasteiger partial charge in [0.2, 0.25) is 5.91 Å². The fourth-order valence-corrected chi connectivity index (χ4v) is 7.38. The fraction of sp³-hybridized carbons (Fsp3) is 0.304. The van der Waals surface area contributed by atoms with Crippen LogP contribution < -0.4 is 10.2 Å². The zero-order chi connectivity index (χ0) is 26.5. The van der Waals surface area contributed by atoms with Crippen LogP contribution in [0.4, 0.5) is 18.9 Å². The molecule has 0 aliphatic carbocycles. The Morgan fingerprint density at radius 2 is 1.95 bits per heavy atom. The maximum atomic E-state index is 13.5. The van der Waals surface area contributed by atoms with E-state index in [0.29, 0.717) is 27.3 Å². The van der Waals surface area contributed by atoms with Crippen LogP contribution in [0, 0.1) is 0 Å². The number of benzene rings is 2. The van der Waals surface area contributed by atoms with Gasteiger partial charge in [0.25, 0.3) is 10.0 Å². The lowest BCUT2D eigenvalue weighted by Gasteiger charge is -2.26. The van der Waals surface area contributed by atoms with E-state index in [1.165, 1.54) is 23.1 Å². The van der Waals surface area contributed by atoms with Crippen LogP contribution in [0.25, 0.3) is 10.1 Å².